The zero-order valence-corrected chi connectivity index (χ0v) is 15.9. The Morgan fingerprint density at radius 3 is 1.87 bits per heavy atom. The second kappa shape index (κ2) is 15.0. The lowest BCUT2D eigenvalue weighted by Crippen LogP contribution is -2.43. The fourth-order valence-electron chi connectivity index (χ4n) is 2.62. The highest BCUT2D eigenvalue weighted by Gasteiger charge is 2.36. The quantitative estimate of drug-likeness (QED) is 0.215. The summed E-state index contributed by atoms with van der Waals surface area (Å²) in [7, 11) is 0. The smallest absolute Gasteiger partial charge is 0.286 e. The molecule has 0 radical (unpaired) electrons. The van der Waals surface area contributed by atoms with E-state index in [1.807, 2.05) is 33.8 Å². The lowest BCUT2D eigenvalue weighted by Gasteiger charge is -2.35. The van der Waals surface area contributed by atoms with Gasteiger partial charge in [0.25, 0.3) is 5.97 Å². The number of ether oxygens (including phenoxy) is 4. The molecule has 1 unspecified atom stereocenters. The summed E-state index contributed by atoms with van der Waals surface area (Å²) >= 11 is 0. The fourth-order valence-corrected chi connectivity index (χ4v) is 2.62. The molecule has 0 aromatic heterocycles. The Hall–Kier alpha value is -0.580. The van der Waals surface area contributed by atoms with Crippen LogP contribution in [0.25, 0.3) is 0 Å². The predicted octanol–water partition coefficient (Wildman–Crippen LogP) is 5.42. The van der Waals surface area contributed by atoms with E-state index in [4.69, 9.17) is 18.9 Å². The van der Waals surface area contributed by atoms with Crippen LogP contribution in [0.5, 0.6) is 0 Å². The Morgan fingerprint density at radius 2 is 1.39 bits per heavy atom. The van der Waals surface area contributed by atoms with Gasteiger partial charge in [-0.05, 0) is 40.5 Å². The minimum atomic E-state index is -0.992. The lowest BCUT2D eigenvalue weighted by atomic mass is 10.0. The Balaban J connectivity index is 4.68. The highest BCUT2D eigenvalue weighted by Crippen LogP contribution is 2.26. The molecule has 0 heterocycles. The highest BCUT2D eigenvalue weighted by molar-refractivity contribution is 4.74. The number of allylic oxidation sites excluding steroid dienone is 1. The van der Waals surface area contributed by atoms with Crippen molar-refractivity contribution in [3.63, 3.8) is 0 Å². The summed E-state index contributed by atoms with van der Waals surface area (Å²) in [5.41, 5.74) is 0. The maximum Gasteiger partial charge on any atom is 0.286 e. The number of hydrogen-bond donors (Lipinski definition) is 0. The molecule has 0 aliphatic rings. The van der Waals surface area contributed by atoms with E-state index in [1.165, 1.54) is 25.7 Å². The van der Waals surface area contributed by atoms with Gasteiger partial charge in [0.05, 0.1) is 12.7 Å². The SMILES string of the molecule is CC=COC(CCCCCCC)CC(OCC)(OCC)OCC. The molecule has 0 aliphatic heterocycles. The first-order chi connectivity index (χ1) is 11.2. The molecule has 0 bridgehead atoms. The summed E-state index contributed by atoms with van der Waals surface area (Å²) in [6.45, 7) is 11.7. The maximum atomic E-state index is 5.87. The molecule has 0 aromatic rings. The van der Waals surface area contributed by atoms with Crippen molar-refractivity contribution in [1.82, 2.24) is 0 Å². The molecule has 0 saturated heterocycles. The van der Waals surface area contributed by atoms with E-state index in [9.17, 15) is 0 Å². The first-order valence-corrected chi connectivity index (χ1v) is 9.36. The van der Waals surface area contributed by atoms with Crippen LogP contribution in [0.1, 0.15) is 79.6 Å². The van der Waals surface area contributed by atoms with Crippen LogP contribution in [-0.2, 0) is 18.9 Å². The monoisotopic (exact) mass is 330 g/mol. The minimum absolute atomic E-state index is 0.0393. The highest BCUT2D eigenvalue weighted by atomic mass is 16.9. The van der Waals surface area contributed by atoms with Gasteiger partial charge in [-0.1, -0.05) is 38.7 Å². The van der Waals surface area contributed by atoms with Crippen LogP contribution in [0.3, 0.4) is 0 Å². The molecule has 0 spiro atoms. The predicted molar refractivity (Wildman–Crippen MR) is 95.3 cm³/mol. The summed E-state index contributed by atoms with van der Waals surface area (Å²) in [6.07, 6.45) is 11.5. The average Bonchev–Trinajstić information content (AvgIpc) is 2.53. The third kappa shape index (κ3) is 10.7. The van der Waals surface area contributed by atoms with E-state index in [2.05, 4.69) is 6.92 Å². The second-order valence-corrected chi connectivity index (χ2v) is 5.62. The van der Waals surface area contributed by atoms with Crippen molar-refractivity contribution < 1.29 is 18.9 Å². The lowest BCUT2D eigenvalue weighted by molar-refractivity contribution is -0.385. The third-order valence-electron chi connectivity index (χ3n) is 3.61. The molecule has 0 aliphatic carbocycles. The summed E-state index contributed by atoms with van der Waals surface area (Å²) in [5, 5.41) is 0. The Bertz CT molecular complexity index is 262. The normalized spacial score (nSPS) is 13.6. The fraction of sp³-hybridized carbons (Fsp3) is 0.895. The van der Waals surface area contributed by atoms with Crippen molar-refractivity contribution in [3.05, 3.63) is 12.3 Å². The minimum Gasteiger partial charge on any atom is -0.498 e. The van der Waals surface area contributed by atoms with Crippen molar-refractivity contribution in [2.45, 2.75) is 91.6 Å². The summed E-state index contributed by atoms with van der Waals surface area (Å²) in [6, 6.07) is 0. The van der Waals surface area contributed by atoms with Crippen LogP contribution in [0.4, 0.5) is 0 Å². The molecule has 0 N–H and O–H groups in total. The van der Waals surface area contributed by atoms with Crippen molar-refractivity contribution in [2.24, 2.45) is 0 Å². The molecule has 0 fully saturated rings. The van der Waals surface area contributed by atoms with E-state index in [1.54, 1.807) is 6.26 Å². The summed E-state index contributed by atoms with van der Waals surface area (Å²) in [4.78, 5) is 0. The van der Waals surface area contributed by atoms with Crippen LogP contribution in [0.2, 0.25) is 0 Å². The standard InChI is InChI=1S/C19H38O4/c1-6-11-12-13-14-15-18(20-16-7-2)17-19(21-8-3,22-9-4)23-10-5/h7,16,18H,6,8-15,17H2,1-5H3. The van der Waals surface area contributed by atoms with Gasteiger partial charge >= 0.3 is 0 Å². The largest absolute Gasteiger partial charge is 0.498 e. The zero-order valence-electron chi connectivity index (χ0n) is 15.9. The van der Waals surface area contributed by atoms with Gasteiger partial charge in [-0.3, -0.25) is 0 Å². The Morgan fingerprint density at radius 1 is 0.826 bits per heavy atom. The van der Waals surface area contributed by atoms with Gasteiger partial charge in [-0.15, -0.1) is 0 Å². The first kappa shape index (κ1) is 22.4. The number of hydrogen-bond acceptors (Lipinski definition) is 4. The average molecular weight is 331 g/mol. The van der Waals surface area contributed by atoms with E-state index >= 15 is 0 Å². The van der Waals surface area contributed by atoms with Gasteiger partial charge in [0.15, 0.2) is 0 Å². The third-order valence-corrected chi connectivity index (χ3v) is 3.61. The van der Waals surface area contributed by atoms with Gasteiger partial charge < -0.3 is 18.9 Å². The first-order valence-electron chi connectivity index (χ1n) is 9.36. The van der Waals surface area contributed by atoms with Crippen molar-refractivity contribution in [3.8, 4) is 0 Å². The van der Waals surface area contributed by atoms with Crippen LogP contribution >= 0.6 is 0 Å². The van der Waals surface area contributed by atoms with Crippen molar-refractivity contribution in [1.29, 1.82) is 0 Å². The Kier molecular flexibility index (Phi) is 14.6. The van der Waals surface area contributed by atoms with Gasteiger partial charge in [-0.25, -0.2) is 0 Å². The van der Waals surface area contributed by atoms with E-state index < -0.39 is 5.97 Å². The summed E-state index contributed by atoms with van der Waals surface area (Å²) < 4.78 is 23.3. The van der Waals surface area contributed by atoms with E-state index in [0.717, 1.165) is 12.8 Å². The van der Waals surface area contributed by atoms with Gasteiger partial charge in [0, 0.05) is 19.8 Å². The molecule has 1 atom stereocenters. The van der Waals surface area contributed by atoms with Gasteiger partial charge in [0.2, 0.25) is 0 Å². The van der Waals surface area contributed by atoms with Gasteiger partial charge in [0.1, 0.15) is 6.10 Å². The molecule has 0 amide bonds. The second-order valence-electron chi connectivity index (χ2n) is 5.62. The molecule has 4 nitrogen and oxygen atoms in total. The molecule has 0 saturated carbocycles. The van der Waals surface area contributed by atoms with Crippen LogP contribution in [-0.4, -0.2) is 31.9 Å². The molecule has 138 valence electrons. The number of rotatable bonds is 16. The molecule has 4 heteroatoms. The molecule has 0 aromatic carbocycles. The topological polar surface area (TPSA) is 36.9 Å². The maximum absolute atomic E-state index is 5.87. The van der Waals surface area contributed by atoms with Crippen molar-refractivity contribution in [2.75, 3.05) is 19.8 Å². The van der Waals surface area contributed by atoms with Crippen LogP contribution < -0.4 is 0 Å². The summed E-state index contributed by atoms with van der Waals surface area (Å²) in [5.74, 6) is -0.992. The van der Waals surface area contributed by atoms with Crippen LogP contribution in [0.15, 0.2) is 12.3 Å². The molecular formula is C19H38O4. The Labute approximate surface area is 143 Å². The van der Waals surface area contributed by atoms with Crippen LogP contribution in [0, 0.1) is 0 Å². The number of unbranched alkanes of at least 4 members (excludes halogenated alkanes) is 4. The van der Waals surface area contributed by atoms with Crippen molar-refractivity contribution >= 4 is 0 Å². The van der Waals surface area contributed by atoms with Gasteiger partial charge in [-0.2, -0.15) is 0 Å². The van der Waals surface area contributed by atoms with E-state index in [-0.39, 0.29) is 6.10 Å². The zero-order chi connectivity index (χ0) is 17.4. The molecule has 23 heavy (non-hydrogen) atoms. The van der Waals surface area contributed by atoms with E-state index in [0.29, 0.717) is 26.2 Å². The molecular weight excluding hydrogens is 292 g/mol. The molecule has 0 rings (SSSR count).